The third-order valence-electron chi connectivity index (χ3n) is 8.07. The van der Waals surface area contributed by atoms with Crippen molar-refractivity contribution >= 4 is 5.91 Å². The summed E-state index contributed by atoms with van der Waals surface area (Å²) in [5.74, 6) is 2.77. The lowest BCUT2D eigenvalue weighted by Gasteiger charge is -2.26. The number of aliphatic hydroxyl groups is 1. The smallest absolute Gasteiger partial charge is 0.223 e. The summed E-state index contributed by atoms with van der Waals surface area (Å²) in [5.41, 5.74) is 3.58. The Bertz CT molecular complexity index is 1020. The first-order valence-electron chi connectivity index (χ1n) is 15.4. The molecule has 0 saturated heterocycles. The molecule has 2 unspecified atom stereocenters. The highest BCUT2D eigenvalue weighted by atomic mass is 16.5. The van der Waals surface area contributed by atoms with Gasteiger partial charge in [0.1, 0.15) is 0 Å². The number of hydrogen-bond acceptors (Lipinski definition) is 5. The molecule has 2 aromatic carbocycles. The molecule has 2 aromatic rings. The van der Waals surface area contributed by atoms with E-state index in [0.717, 1.165) is 36.3 Å². The highest BCUT2D eigenvalue weighted by Gasteiger charge is 2.26. The standard InChI is InChI=1S/C35H55NO5/c1-24(2)29-13-10-27(11-14-29)23-36-35(38)32(26(5)6)22-31(37)16-15-30(25(3)4)20-28-12-17-33(40-8)34(21-28)41-19-9-18-39-7/h10-14,17,21,24-26,30-32,37H,9,15-16,18-20,22-23H2,1-8H3,(H,36,38)/t30?,31-,32?/m1/s1. The predicted molar refractivity (Wildman–Crippen MR) is 168 cm³/mol. The molecule has 3 atom stereocenters. The van der Waals surface area contributed by atoms with E-state index in [1.165, 1.54) is 11.1 Å². The minimum Gasteiger partial charge on any atom is -0.493 e. The van der Waals surface area contributed by atoms with Gasteiger partial charge in [-0.2, -0.15) is 0 Å². The summed E-state index contributed by atoms with van der Waals surface area (Å²) in [6.07, 6.45) is 3.23. The number of carbonyl (C=O) groups is 1. The zero-order chi connectivity index (χ0) is 30.4. The van der Waals surface area contributed by atoms with Crippen molar-refractivity contribution in [1.29, 1.82) is 0 Å². The van der Waals surface area contributed by atoms with Crippen LogP contribution in [0, 0.1) is 23.7 Å². The fourth-order valence-electron chi connectivity index (χ4n) is 5.16. The molecule has 0 aliphatic carbocycles. The molecular weight excluding hydrogens is 514 g/mol. The van der Waals surface area contributed by atoms with E-state index in [9.17, 15) is 9.90 Å². The van der Waals surface area contributed by atoms with Crippen LogP contribution in [0.15, 0.2) is 42.5 Å². The fraction of sp³-hybridized carbons (Fsp3) is 0.629. The Balaban J connectivity index is 1.93. The Kier molecular flexibility index (Phi) is 15.3. The van der Waals surface area contributed by atoms with E-state index in [-0.39, 0.29) is 17.7 Å². The maximum Gasteiger partial charge on any atom is 0.223 e. The topological polar surface area (TPSA) is 77.0 Å². The van der Waals surface area contributed by atoms with Gasteiger partial charge in [-0.15, -0.1) is 0 Å². The van der Waals surface area contributed by atoms with E-state index in [0.29, 0.717) is 50.4 Å². The average Bonchev–Trinajstić information content (AvgIpc) is 2.94. The van der Waals surface area contributed by atoms with Crippen molar-refractivity contribution in [3.05, 3.63) is 59.2 Å². The van der Waals surface area contributed by atoms with Crippen molar-refractivity contribution in [3.63, 3.8) is 0 Å². The van der Waals surface area contributed by atoms with Crippen LogP contribution in [0.2, 0.25) is 0 Å². The molecule has 0 heterocycles. The lowest BCUT2D eigenvalue weighted by Crippen LogP contribution is -2.35. The van der Waals surface area contributed by atoms with Crippen molar-refractivity contribution in [2.45, 2.75) is 92.2 Å². The van der Waals surface area contributed by atoms with Gasteiger partial charge >= 0.3 is 0 Å². The second kappa shape index (κ2) is 18.1. The molecule has 0 spiro atoms. The van der Waals surface area contributed by atoms with Crippen LogP contribution >= 0.6 is 0 Å². The number of nitrogens with one attached hydrogen (secondary N) is 1. The first kappa shape index (κ1) is 34.6. The molecule has 0 aromatic heterocycles. The molecular formula is C35H55NO5. The molecule has 0 radical (unpaired) electrons. The van der Waals surface area contributed by atoms with E-state index in [2.05, 4.69) is 83.3 Å². The zero-order valence-electron chi connectivity index (χ0n) is 26.7. The van der Waals surface area contributed by atoms with Gasteiger partial charge in [0.15, 0.2) is 11.5 Å². The minimum absolute atomic E-state index is 0.0173. The Labute approximate surface area is 249 Å². The lowest BCUT2D eigenvalue weighted by molar-refractivity contribution is -0.127. The summed E-state index contributed by atoms with van der Waals surface area (Å²) in [6, 6.07) is 14.6. The number of carbonyl (C=O) groups excluding carboxylic acids is 1. The largest absolute Gasteiger partial charge is 0.493 e. The van der Waals surface area contributed by atoms with Crippen LogP contribution in [0.4, 0.5) is 0 Å². The van der Waals surface area contributed by atoms with Gasteiger partial charge in [0.05, 0.1) is 19.8 Å². The summed E-state index contributed by atoms with van der Waals surface area (Å²) in [7, 11) is 3.35. The van der Waals surface area contributed by atoms with Gasteiger partial charge in [-0.25, -0.2) is 0 Å². The molecule has 6 heteroatoms. The van der Waals surface area contributed by atoms with Crippen LogP contribution < -0.4 is 14.8 Å². The normalized spacial score (nSPS) is 13.9. The zero-order valence-corrected chi connectivity index (χ0v) is 26.7. The molecule has 2 N–H and O–H groups in total. The van der Waals surface area contributed by atoms with Gasteiger partial charge in [-0.1, -0.05) is 71.9 Å². The molecule has 230 valence electrons. The second-order valence-electron chi connectivity index (χ2n) is 12.3. The molecule has 0 bridgehead atoms. The predicted octanol–water partition coefficient (Wildman–Crippen LogP) is 7.17. The SMILES string of the molecule is COCCCOc1cc(CC(CC[C@@H](O)CC(C(=O)NCc2ccc(C(C)C)cc2)C(C)C)C(C)C)ccc1OC. The first-order chi connectivity index (χ1) is 19.5. The molecule has 0 saturated carbocycles. The van der Waals surface area contributed by atoms with Crippen LogP contribution in [0.1, 0.15) is 89.8 Å². The van der Waals surface area contributed by atoms with Gasteiger partial charge in [0, 0.05) is 32.6 Å². The number of rotatable bonds is 19. The fourth-order valence-corrected chi connectivity index (χ4v) is 5.16. The van der Waals surface area contributed by atoms with Gasteiger partial charge in [-0.05, 0) is 78.2 Å². The van der Waals surface area contributed by atoms with Crippen molar-refractivity contribution < 1.29 is 24.1 Å². The Morgan fingerprint density at radius 3 is 2.12 bits per heavy atom. The first-order valence-corrected chi connectivity index (χ1v) is 15.4. The number of hydrogen-bond donors (Lipinski definition) is 2. The third kappa shape index (κ3) is 12.1. The molecule has 1 amide bonds. The molecule has 41 heavy (non-hydrogen) atoms. The summed E-state index contributed by atoms with van der Waals surface area (Å²) in [5, 5.41) is 14.1. The number of benzene rings is 2. The van der Waals surface area contributed by atoms with Crippen molar-refractivity contribution in [2.24, 2.45) is 23.7 Å². The number of aliphatic hydroxyl groups excluding tert-OH is 1. The maximum absolute atomic E-state index is 13.1. The van der Waals surface area contributed by atoms with Crippen LogP contribution in [0.3, 0.4) is 0 Å². The van der Waals surface area contributed by atoms with Crippen LogP contribution in [0.25, 0.3) is 0 Å². The van der Waals surface area contributed by atoms with Gasteiger partial charge in [-0.3, -0.25) is 4.79 Å². The second-order valence-corrected chi connectivity index (χ2v) is 12.3. The number of ether oxygens (including phenoxy) is 3. The Morgan fingerprint density at radius 1 is 0.854 bits per heavy atom. The summed E-state index contributed by atoms with van der Waals surface area (Å²) in [6.45, 7) is 14.7. The van der Waals surface area contributed by atoms with Gasteiger partial charge in [0.25, 0.3) is 0 Å². The highest BCUT2D eigenvalue weighted by Crippen LogP contribution is 2.32. The molecule has 0 aliphatic rings. The molecule has 0 fully saturated rings. The Hall–Kier alpha value is -2.57. The Morgan fingerprint density at radius 2 is 1.54 bits per heavy atom. The minimum atomic E-state index is -0.518. The van der Waals surface area contributed by atoms with E-state index < -0.39 is 6.10 Å². The van der Waals surface area contributed by atoms with E-state index >= 15 is 0 Å². The van der Waals surface area contributed by atoms with Crippen LogP contribution in [0.5, 0.6) is 11.5 Å². The number of amides is 1. The summed E-state index contributed by atoms with van der Waals surface area (Å²) in [4.78, 5) is 13.1. The van der Waals surface area contributed by atoms with Crippen molar-refractivity contribution in [2.75, 3.05) is 27.4 Å². The average molecular weight is 570 g/mol. The summed E-state index contributed by atoms with van der Waals surface area (Å²) >= 11 is 0. The van der Waals surface area contributed by atoms with Crippen molar-refractivity contribution in [3.8, 4) is 11.5 Å². The van der Waals surface area contributed by atoms with E-state index in [1.54, 1.807) is 14.2 Å². The summed E-state index contributed by atoms with van der Waals surface area (Å²) < 4.78 is 16.6. The van der Waals surface area contributed by atoms with Gasteiger partial charge in [0.2, 0.25) is 5.91 Å². The molecule has 2 rings (SSSR count). The van der Waals surface area contributed by atoms with Crippen LogP contribution in [-0.2, 0) is 22.5 Å². The van der Waals surface area contributed by atoms with Gasteiger partial charge < -0.3 is 24.6 Å². The lowest BCUT2D eigenvalue weighted by atomic mass is 9.82. The highest BCUT2D eigenvalue weighted by molar-refractivity contribution is 5.78. The third-order valence-corrected chi connectivity index (χ3v) is 8.07. The maximum atomic E-state index is 13.1. The van der Waals surface area contributed by atoms with E-state index in [1.807, 2.05) is 6.07 Å². The molecule has 6 nitrogen and oxygen atoms in total. The molecule has 0 aliphatic heterocycles. The van der Waals surface area contributed by atoms with Crippen molar-refractivity contribution in [1.82, 2.24) is 5.32 Å². The van der Waals surface area contributed by atoms with Crippen LogP contribution in [-0.4, -0.2) is 44.6 Å². The van der Waals surface area contributed by atoms with E-state index in [4.69, 9.17) is 14.2 Å². The number of methoxy groups -OCH3 is 2. The monoisotopic (exact) mass is 569 g/mol. The quantitative estimate of drug-likeness (QED) is 0.175.